The van der Waals surface area contributed by atoms with Gasteiger partial charge in [0, 0.05) is 13.3 Å². The molecule has 0 aliphatic rings. The van der Waals surface area contributed by atoms with Gasteiger partial charge in [0.2, 0.25) is 0 Å². The zero-order chi connectivity index (χ0) is 14.8. The van der Waals surface area contributed by atoms with E-state index in [-0.39, 0.29) is 6.04 Å². The van der Waals surface area contributed by atoms with E-state index in [9.17, 15) is 8.42 Å². The van der Waals surface area contributed by atoms with Crippen molar-refractivity contribution in [1.29, 1.82) is 0 Å². The quantitative estimate of drug-likeness (QED) is 0.887. The Hall–Kier alpha value is -1.73. The van der Waals surface area contributed by atoms with Gasteiger partial charge in [-0.2, -0.15) is 0 Å². The first-order valence-corrected chi connectivity index (χ1v) is 8.20. The fraction of sp³-hybridized carbons (Fsp3) is 0.385. The minimum Gasteiger partial charge on any atom is -0.305 e. The van der Waals surface area contributed by atoms with E-state index in [4.69, 9.17) is 0 Å². The normalized spacial score (nSPS) is 13.3. The highest BCUT2D eigenvalue weighted by Gasteiger charge is 2.18. The number of nitrogens with zero attached hydrogens (tertiary/aromatic N) is 3. The molecule has 20 heavy (non-hydrogen) atoms. The molecule has 0 aliphatic heterocycles. The molecule has 0 saturated carbocycles. The SMILES string of the molecule is CCNC(c1cccc(S(C)(=O)=O)c1)c1cnnn1C. The summed E-state index contributed by atoms with van der Waals surface area (Å²) >= 11 is 0. The summed E-state index contributed by atoms with van der Waals surface area (Å²) in [4.78, 5) is 0.313. The molecule has 108 valence electrons. The van der Waals surface area contributed by atoms with Crippen LogP contribution in [0.15, 0.2) is 35.4 Å². The van der Waals surface area contributed by atoms with Crippen molar-refractivity contribution in [3.63, 3.8) is 0 Å². The highest BCUT2D eigenvalue weighted by atomic mass is 32.2. The molecule has 6 nitrogen and oxygen atoms in total. The number of hydrogen-bond donors (Lipinski definition) is 1. The van der Waals surface area contributed by atoms with Gasteiger partial charge >= 0.3 is 0 Å². The van der Waals surface area contributed by atoms with Crippen molar-refractivity contribution in [3.8, 4) is 0 Å². The Kier molecular flexibility index (Phi) is 4.20. The number of aryl methyl sites for hydroxylation is 1. The first-order chi connectivity index (χ1) is 9.43. The molecule has 0 saturated heterocycles. The lowest BCUT2D eigenvalue weighted by Crippen LogP contribution is -2.24. The number of nitrogens with one attached hydrogen (secondary N) is 1. The van der Waals surface area contributed by atoms with Crippen LogP contribution in [0, 0.1) is 0 Å². The molecular formula is C13H18N4O2S. The molecular weight excluding hydrogens is 276 g/mol. The molecule has 1 unspecified atom stereocenters. The fourth-order valence-electron chi connectivity index (χ4n) is 2.08. The van der Waals surface area contributed by atoms with Gasteiger partial charge in [0.25, 0.3) is 0 Å². The molecule has 2 rings (SSSR count). The number of sulfone groups is 1. The fourth-order valence-corrected chi connectivity index (χ4v) is 2.76. The Bertz CT molecular complexity index is 694. The third kappa shape index (κ3) is 3.05. The second-order valence-electron chi connectivity index (χ2n) is 4.62. The number of hydrogen-bond acceptors (Lipinski definition) is 5. The van der Waals surface area contributed by atoms with E-state index in [2.05, 4.69) is 15.6 Å². The van der Waals surface area contributed by atoms with Gasteiger partial charge in [0.1, 0.15) is 0 Å². The molecule has 1 N–H and O–H groups in total. The molecule has 7 heteroatoms. The van der Waals surface area contributed by atoms with Crippen LogP contribution in [0.4, 0.5) is 0 Å². The summed E-state index contributed by atoms with van der Waals surface area (Å²) < 4.78 is 25.0. The van der Waals surface area contributed by atoms with Gasteiger partial charge in [-0.25, -0.2) is 8.42 Å². The molecule has 0 amide bonds. The van der Waals surface area contributed by atoms with Gasteiger partial charge in [-0.1, -0.05) is 24.3 Å². The van der Waals surface area contributed by atoms with Gasteiger partial charge in [-0.15, -0.1) is 5.10 Å². The summed E-state index contributed by atoms with van der Waals surface area (Å²) in [5, 5.41) is 11.1. The molecule has 0 radical (unpaired) electrons. The molecule has 0 bridgehead atoms. The molecule has 0 aliphatic carbocycles. The van der Waals surface area contributed by atoms with Crippen LogP contribution in [0.1, 0.15) is 24.2 Å². The highest BCUT2D eigenvalue weighted by molar-refractivity contribution is 7.90. The lowest BCUT2D eigenvalue weighted by atomic mass is 10.0. The van der Waals surface area contributed by atoms with Crippen molar-refractivity contribution in [1.82, 2.24) is 20.3 Å². The summed E-state index contributed by atoms with van der Waals surface area (Å²) in [5.74, 6) is 0. The Labute approximate surface area is 118 Å². The first-order valence-electron chi connectivity index (χ1n) is 6.31. The molecule has 1 heterocycles. The van der Waals surface area contributed by atoms with Crippen molar-refractivity contribution in [3.05, 3.63) is 41.7 Å². The van der Waals surface area contributed by atoms with Crippen LogP contribution in [0.25, 0.3) is 0 Å². The van der Waals surface area contributed by atoms with Crippen LogP contribution < -0.4 is 5.32 Å². The molecule has 2 aromatic rings. The summed E-state index contributed by atoms with van der Waals surface area (Å²) in [5.41, 5.74) is 1.76. The van der Waals surface area contributed by atoms with Crippen LogP contribution in [0.3, 0.4) is 0 Å². The number of benzene rings is 1. The lowest BCUT2D eigenvalue weighted by molar-refractivity contribution is 0.566. The van der Waals surface area contributed by atoms with Crippen LogP contribution >= 0.6 is 0 Å². The van der Waals surface area contributed by atoms with Crippen LogP contribution in [-0.2, 0) is 16.9 Å². The topological polar surface area (TPSA) is 76.9 Å². The average Bonchev–Trinajstić information content (AvgIpc) is 2.81. The zero-order valence-electron chi connectivity index (χ0n) is 11.7. The lowest BCUT2D eigenvalue weighted by Gasteiger charge is -2.18. The Balaban J connectivity index is 2.48. The van der Waals surface area contributed by atoms with Crippen molar-refractivity contribution < 1.29 is 8.42 Å². The van der Waals surface area contributed by atoms with Crippen molar-refractivity contribution in [2.75, 3.05) is 12.8 Å². The average molecular weight is 294 g/mol. The predicted molar refractivity (Wildman–Crippen MR) is 76.1 cm³/mol. The summed E-state index contributed by atoms with van der Waals surface area (Å²) in [6.07, 6.45) is 2.89. The van der Waals surface area contributed by atoms with Crippen molar-refractivity contribution in [2.45, 2.75) is 17.9 Å². The van der Waals surface area contributed by atoms with Gasteiger partial charge < -0.3 is 5.32 Å². The van der Waals surface area contributed by atoms with E-state index >= 15 is 0 Å². The van der Waals surface area contributed by atoms with E-state index in [1.165, 1.54) is 6.26 Å². The monoisotopic (exact) mass is 294 g/mol. The minimum atomic E-state index is -3.22. The largest absolute Gasteiger partial charge is 0.305 e. The van der Waals surface area contributed by atoms with Crippen LogP contribution in [0.2, 0.25) is 0 Å². The smallest absolute Gasteiger partial charge is 0.175 e. The third-order valence-electron chi connectivity index (χ3n) is 3.07. The van der Waals surface area contributed by atoms with Gasteiger partial charge in [-0.3, -0.25) is 4.68 Å². The van der Waals surface area contributed by atoms with E-state index in [0.29, 0.717) is 4.90 Å². The maximum atomic E-state index is 11.7. The predicted octanol–water partition coefficient (Wildman–Crippen LogP) is 0.917. The Morgan fingerprint density at radius 2 is 2.15 bits per heavy atom. The third-order valence-corrected chi connectivity index (χ3v) is 4.18. The molecule has 0 fully saturated rings. The molecule has 1 aromatic heterocycles. The first kappa shape index (κ1) is 14.7. The van der Waals surface area contributed by atoms with Crippen LogP contribution in [0.5, 0.6) is 0 Å². The second kappa shape index (κ2) is 5.72. The molecule has 1 aromatic carbocycles. The minimum absolute atomic E-state index is 0.137. The van der Waals surface area contributed by atoms with Gasteiger partial charge in [-0.05, 0) is 24.2 Å². The summed E-state index contributed by atoms with van der Waals surface area (Å²) in [6, 6.07) is 6.80. The highest BCUT2D eigenvalue weighted by Crippen LogP contribution is 2.23. The number of aromatic nitrogens is 3. The number of rotatable bonds is 5. The van der Waals surface area contributed by atoms with Gasteiger partial charge in [0.15, 0.2) is 9.84 Å². The van der Waals surface area contributed by atoms with Crippen molar-refractivity contribution >= 4 is 9.84 Å². The second-order valence-corrected chi connectivity index (χ2v) is 6.63. The summed E-state index contributed by atoms with van der Waals surface area (Å²) in [6.45, 7) is 2.75. The van der Waals surface area contributed by atoms with Crippen molar-refractivity contribution in [2.24, 2.45) is 7.05 Å². The zero-order valence-corrected chi connectivity index (χ0v) is 12.6. The molecule has 0 spiro atoms. The Morgan fingerprint density at radius 1 is 1.40 bits per heavy atom. The summed E-state index contributed by atoms with van der Waals surface area (Å²) in [7, 11) is -1.41. The molecule has 1 atom stereocenters. The van der Waals surface area contributed by atoms with Crippen LogP contribution in [-0.4, -0.2) is 36.2 Å². The van der Waals surface area contributed by atoms with E-state index in [1.807, 2.05) is 20.0 Å². The van der Waals surface area contributed by atoms with E-state index < -0.39 is 9.84 Å². The van der Waals surface area contributed by atoms with E-state index in [1.54, 1.807) is 29.1 Å². The standard InChI is InChI=1S/C13H18N4O2S/c1-4-14-13(12-9-15-16-17(12)2)10-6-5-7-11(8-10)20(3,18)19/h5-9,13-14H,4H2,1-3H3. The van der Waals surface area contributed by atoms with E-state index in [0.717, 1.165) is 17.8 Å². The maximum absolute atomic E-state index is 11.7. The Morgan fingerprint density at radius 3 is 2.70 bits per heavy atom. The van der Waals surface area contributed by atoms with Gasteiger partial charge in [0.05, 0.1) is 22.8 Å². The maximum Gasteiger partial charge on any atom is 0.175 e.